The van der Waals surface area contributed by atoms with E-state index >= 15 is 0 Å². The Labute approximate surface area is 144 Å². The number of rotatable bonds is 3. The first-order valence-electron chi connectivity index (χ1n) is 8.92. The van der Waals surface area contributed by atoms with Crippen molar-refractivity contribution in [2.24, 2.45) is 0 Å². The molecule has 0 saturated carbocycles. The highest BCUT2D eigenvalue weighted by atomic mass is 16.7. The summed E-state index contributed by atoms with van der Waals surface area (Å²) in [6, 6.07) is 21.2. The molecular weight excluding hydrogens is 298 g/mol. The van der Waals surface area contributed by atoms with E-state index in [2.05, 4.69) is 65.6 Å². The van der Waals surface area contributed by atoms with Gasteiger partial charge in [0.1, 0.15) is 0 Å². The van der Waals surface area contributed by atoms with Gasteiger partial charge in [-0.15, -0.1) is 0 Å². The molecule has 2 heterocycles. The summed E-state index contributed by atoms with van der Waals surface area (Å²) in [6.07, 6.45) is 1.92. The maximum absolute atomic E-state index is 6.22. The number of hydrogen-bond acceptors (Lipinski definition) is 3. The van der Waals surface area contributed by atoms with Crippen molar-refractivity contribution < 1.29 is 9.47 Å². The molecule has 24 heavy (non-hydrogen) atoms. The zero-order valence-corrected chi connectivity index (χ0v) is 14.1. The number of likely N-dealkylation sites (tertiary alicyclic amines) is 1. The van der Waals surface area contributed by atoms with Gasteiger partial charge in [0.25, 0.3) is 0 Å². The summed E-state index contributed by atoms with van der Waals surface area (Å²) >= 11 is 0. The standard InChI is InChI=1S/C21H25NO2/c1-3-7-18(8-4-1)15-22-13-11-21(12-14-22)23-16-20(17-24-21)19-9-5-2-6-10-19/h1-10,20H,11-17H2. The summed E-state index contributed by atoms with van der Waals surface area (Å²) in [5.41, 5.74) is 2.69. The third kappa shape index (κ3) is 3.54. The second kappa shape index (κ2) is 7.06. The van der Waals surface area contributed by atoms with Gasteiger partial charge < -0.3 is 9.47 Å². The molecule has 0 amide bonds. The Kier molecular flexibility index (Phi) is 4.65. The molecule has 0 aromatic heterocycles. The number of benzene rings is 2. The van der Waals surface area contributed by atoms with E-state index in [-0.39, 0.29) is 5.79 Å². The van der Waals surface area contributed by atoms with E-state index in [9.17, 15) is 0 Å². The van der Waals surface area contributed by atoms with Crippen molar-refractivity contribution in [2.75, 3.05) is 26.3 Å². The Morgan fingerprint density at radius 3 is 2.04 bits per heavy atom. The van der Waals surface area contributed by atoms with Crippen molar-refractivity contribution in [2.45, 2.75) is 31.1 Å². The molecule has 3 nitrogen and oxygen atoms in total. The van der Waals surface area contributed by atoms with Gasteiger partial charge in [-0.25, -0.2) is 0 Å². The Morgan fingerprint density at radius 2 is 1.42 bits per heavy atom. The summed E-state index contributed by atoms with van der Waals surface area (Å²) in [6.45, 7) is 4.62. The van der Waals surface area contributed by atoms with Gasteiger partial charge >= 0.3 is 0 Å². The average molecular weight is 323 g/mol. The lowest BCUT2D eigenvalue weighted by Gasteiger charge is -2.45. The lowest BCUT2D eigenvalue weighted by atomic mass is 9.96. The number of piperidine rings is 1. The molecule has 2 aliphatic heterocycles. The van der Waals surface area contributed by atoms with Crippen LogP contribution in [0.1, 0.15) is 29.9 Å². The number of hydrogen-bond donors (Lipinski definition) is 0. The van der Waals surface area contributed by atoms with Crippen molar-refractivity contribution in [3.8, 4) is 0 Å². The van der Waals surface area contributed by atoms with Gasteiger partial charge in [0.05, 0.1) is 13.2 Å². The minimum absolute atomic E-state index is 0.349. The van der Waals surface area contributed by atoms with Crippen LogP contribution < -0.4 is 0 Å². The molecular formula is C21H25NO2. The first kappa shape index (κ1) is 15.8. The fraction of sp³-hybridized carbons (Fsp3) is 0.429. The Hall–Kier alpha value is -1.68. The van der Waals surface area contributed by atoms with E-state index in [4.69, 9.17) is 9.47 Å². The van der Waals surface area contributed by atoms with E-state index in [0.29, 0.717) is 5.92 Å². The molecule has 0 aliphatic carbocycles. The van der Waals surface area contributed by atoms with Gasteiger partial charge in [-0.05, 0) is 11.1 Å². The van der Waals surface area contributed by atoms with Crippen LogP contribution in [0, 0.1) is 0 Å². The van der Waals surface area contributed by atoms with Crippen LogP contribution in [-0.4, -0.2) is 37.0 Å². The van der Waals surface area contributed by atoms with Crippen molar-refractivity contribution >= 4 is 0 Å². The molecule has 2 aromatic rings. The predicted molar refractivity (Wildman–Crippen MR) is 94.8 cm³/mol. The molecule has 0 bridgehead atoms. The van der Waals surface area contributed by atoms with E-state index in [1.54, 1.807) is 0 Å². The minimum Gasteiger partial charge on any atom is -0.349 e. The highest BCUT2D eigenvalue weighted by Crippen LogP contribution is 2.35. The molecule has 1 spiro atoms. The second-order valence-corrected chi connectivity index (χ2v) is 6.90. The smallest absolute Gasteiger partial charge is 0.170 e. The third-order valence-corrected chi connectivity index (χ3v) is 5.23. The fourth-order valence-electron chi connectivity index (χ4n) is 3.69. The lowest BCUT2D eigenvalue weighted by Crippen LogP contribution is -2.51. The molecule has 0 N–H and O–H groups in total. The monoisotopic (exact) mass is 323 g/mol. The van der Waals surface area contributed by atoms with Gasteiger partial charge in [-0.2, -0.15) is 0 Å². The van der Waals surface area contributed by atoms with Crippen LogP contribution in [0.4, 0.5) is 0 Å². The van der Waals surface area contributed by atoms with Crippen LogP contribution in [0.2, 0.25) is 0 Å². The summed E-state index contributed by atoms with van der Waals surface area (Å²) in [7, 11) is 0. The van der Waals surface area contributed by atoms with E-state index in [1.807, 2.05) is 0 Å². The van der Waals surface area contributed by atoms with Crippen LogP contribution in [0.3, 0.4) is 0 Å². The fourth-order valence-corrected chi connectivity index (χ4v) is 3.69. The second-order valence-electron chi connectivity index (χ2n) is 6.90. The van der Waals surface area contributed by atoms with Gasteiger partial charge in [0, 0.05) is 38.4 Å². The third-order valence-electron chi connectivity index (χ3n) is 5.23. The van der Waals surface area contributed by atoms with Crippen LogP contribution >= 0.6 is 0 Å². The summed E-state index contributed by atoms with van der Waals surface area (Å²) in [4.78, 5) is 2.50. The van der Waals surface area contributed by atoms with Crippen molar-refractivity contribution in [1.29, 1.82) is 0 Å². The van der Waals surface area contributed by atoms with E-state index in [1.165, 1.54) is 11.1 Å². The van der Waals surface area contributed by atoms with Crippen LogP contribution in [0.15, 0.2) is 60.7 Å². The van der Waals surface area contributed by atoms with Gasteiger partial charge in [-0.3, -0.25) is 4.90 Å². The van der Waals surface area contributed by atoms with Crippen LogP contribution in [-0.2, 0) is 16.0 Å². The van der Waals surface area contributed by atoms with Gasteiger partial charge in [-0.1, -0.05) is 60.7 Å². The molecule has 0 atom stereocenters. The molecule has 0 unspecified atom stereocenters. The molecule has 2 aromatic carbocycles. The largest absolute Gasteiger partial charge is 0.349 e. The molecule has 2 aliphatic rings. The summed E-state index contributed by atoms with van der Waals surface area (Å²) < 4.78 is 12.4. The normalized spacial score (nSPS) is 21.8. The zero-order chi connectivity index (χ0) is 16.2. The summed E-state index contributed by atoms with van der Waals surface area (Å²) in [5, 5.41) is 0. The molecule has 3 heteroatoms. The van der Waals surface area contributed by atoms with E-state index in [0.717, 1.165) is 45.7 Å². The topological polar surface area (TPSA) is 21.7 Å². The Bertz CT molecular complexity index is 625. The number of ether oxygens (including phenoxy) is 2. The lowest BCUT2D eigenvalue weighted by molar-refractivity contribution is -0.290. The van der Waals surface area contributed by atoms with Gasteiger partial charge in [0.2, 0.25) is 0 Å². The first-order chi connectivity index (χ1) is 11.8. The molecule has 2 saturated heterocycles. The molecule has 4 rings (SSSR count). The van der Waals surface area contributed by atoms with Gasteiger partial charge in [0.15, 0.2) is 5.79 Å². The van der Waals surface area contributed by atoms with E-state index < -0.39 is 0 Å². The zero-order valence-electron chi connectivity index (χ0n) is 14.1. The molecule has 2 fully saturated rings. The predicted octanol–water partition coefficient (Wildman–Crippen LogP) is 3.81. The van der Waals surface area contributed by atoms with Crippen molar-refractivity contribution in [3.63, 3.8) is 0 Å². The van der Waals surface area contributed by atoms with Crippen molar-refractivity contribution in [1.82, 2.24) is 4.90 Å². The average Bonchev–Trinajstić information content (AvgIpc) is 2.66. The first-order valence-corrected chi connectivity index (χ1v) is 8.92. The van der Waals surface area contributed by atoms with Crippen LogP contribution in [0.25, 0.3) is 0 Å². The highest BCUT2D eigenvalue weighted by molar-refractivity contribution is 5.20. The Balaban J connectivity index is 1.30. The molecule has 0 radical (unpaired) electrons. The quantitative estimate of drug-likeness (QED) is 0.857. The minimum atomic E-state index is -0.349. The maximum Gasteiger partial charge on any atom is 0.170 e. The maximum atomic E-state index is 6.22. The number of nitrogens with zero attached hydrogens (tertiary/aromatic N) is 1. The van der Waals surface area contributed by atoms with Crippen LogP contribution in [0.5, 0.6) is 0 Å². The summed E-state index contributed by atoms with van der Waals surface area (Å²) in [5.74, 6) is 0.0116. The molecule has 126 valence electrons. The Morgan fingerprint density at radius 1 is 0.833 bits per heavy atom. The van der Waals surface area contributed by atoms with Crippen molar-refractivity contribution in [3.05, 3.63) is 71.8 Å². The highest BCUT2D eigenvalue weighted by Gasteiger charge is 2.40. The SMILES string of the molecule is c1ccc(CN2CCC3(CC2)OCC(c2ccccc2)CO3)cc1.